The first kappa shape index (κ1) is 21.0. The van der Waals surface area contributed by atoms with Gasteiger partial charge in [0, 0.05) is 36.7 Å². The smallest absolute Gasteiger partial charge is 0.150 e. The zero-order chi connectivity index (χ0) is 20.6. The number of fused-ring (bicyclic) bond motifs is 1. The van der Waals surface area contributed by atoms with Crippen LogP contribution in [0.1, 0.15) is 81.1 Å². The van der Waals surface area contributed by atoms with Crippen LogP contribution in [0, 0.1) is 17.8 Å². The molecule has 0 spiro atoms. The van der Waals surface area contributed by atoms with Gasteiger partial charge in [0.25, 0.3) is 0 Å². The van der Waals surface area contributed by atoms with E-state index < -0.39 is 5.72 Å². The Balaban J connectivity index is 1.28. The van der Waals surface area contributed by atoms with Crippen molar-refractivity contribution in [3.63, 3.8) is 0 Å². The minimum atomic E-state index is -0.593. The maximum Gasteiger partial charge on any atom is 0.150 e. The Hall–Kier alpha value is -1.23. The molecule has 4 heteroatoms. The summed E-state index contributed by atoms with van der Waals surface area (Å²) >= 11 is 0. The standard InChI is InChI=1S/C25H38N2O2/c1-17(2)4-5-19-8-11-23(12-19)26-14-22-13-24(27-16-25(22,27)29)18(3)21-9-6-20(15-28)7-10-21/h6-7,9-10,15,17-19,22-24,26,29H,4-5,8,11-14,16H2,1-3H3/t18-,19-,22+,23-,24+,25-,27?/m1/s1. The molecule has 4 rings (SSSR count). The summed E-state index contributed by atoms with van der Waals surface area (Å²) in [6.45, 7) is 8.64. The zero-order valence-corrected chi connectivity index (χ0v) is 18.3. The highest BCUT2D eigenvalue weighted by Gasteiger charge is 2.65. The third-order valence-electron chi connectivity index (χ3n) is 7.90. The minimum absolute atomic E-state index is 0.318. The lowest BCUT2D eigenvalue weighted by Gasteiger charge is -2.24. The molecule has 2 aliphatic heterocycles. The van der Waals surface area contributed by atoms with Gasteiger partial charge >= 0.3 is 0 Å². The molecule has 1 aromatic carbocycles. The molecule has 0 bridgehead atoms. The molecule has 0 amide bonds. The van der Waals surface area contributed by atoms with Crippen molar-refractivity contribution in [3.8, 4) is 0 Å². The summed E-state index contributed by atoms with van der Waals surface area (Å²) in [6, 6.07) is 8.96. The van der Waals surface area contributed by atoms with Gasteiger partial charge < -0.3 is 10.4 Å². The SMILES string of the molecule is CC(C)CC[C@@H]1CC[C@@H](NC[C@@H]2C[C@@H]([C@H](C)c3ccc(C=O)cc3)N3C[C@@]23O)C1. The molecule has 0 radical (unpaired) electrons. The van der Waals surface area contributed by atoms with Crippen LogP contribution in [0.25, 0.3) is 0 Å². The van der Waals surface area contributed by atoms with Gasteiger partial charge in [0.15, 0.2) is 0 Å². The van der Waals surface area contributed by atoms with Crippen LogP contribution < -0.4 is 5.32 Å². The molecule has 1 saturated carbocycles. The van der Waals surface area contributed by atoms with Gasteiger partial charge in [-0.15, -0.1) is 0 Å². The van der Waals surface area contributed by atoms with Crippen LogP contribution in [0.3, 0.4) is 0 Å². The molecule has 3 fully saturated rings. The fourth-order valence-electron chi connectivity index (χ4n) is 5.81. The zero-order valence-electron chi connectivity index (χ0n) is 18.3. The van der Waals surface area contributed by atoms with Gasteiger partial charge in [0.05, 0.1) is 0 Å². The van der Waals surface area contributed by atoms with E-state index in [1.165, 1.54) is 37.7 Å². The largest absolute Gasteiger partial charge is 0.374 e. The molecule has 2 N–H and O–H groups in total. The van der Waals surface area contributed by atoms with Gasteiger partial charge in [0.2, 0.25) is 0 Å². The van der Waals surface area contributed by atoms with E-state index in [9.17, 15) is 9.90 Å². The number of nitrogens with one attached hydrogen (secondary N) is 1. The molecule has 29 heavy (non-hydrogen) atoms. The van der Waals surface area contributed by atoms with E-state index in [-0.39, 0.29) is 0 Å². The van der Waals surface area contributed by atoms with Gasteiger partial charge in [-0.2, -0.15) is 0 Å². The maximum atomic E-state index is 11.1. The first-order chi connectivity index (χ1) is 13.9. The second-order valence-electron chi connectivity index (χ2n) is 10.3. The maximum absolute atomic E-state index is 11.1. The Morgan fingerprint density at radius 1 is 1.21 bits per heavy atom. The lowest BCUT2D eigenvalue weighted by Crippen LogP contribution is -2.37. The molecule has 4 nitrogen and oxygen atoms in total. The Bertz CT molecular complexity index is 703. The Labute approximate surface area is 176 Å². The van der Waals surface area contributed by atoms with E-state index >= 15 is 0 Å². The highest BCUT2D eigenvalue weighted by Crippen LogP contribution is 2.52. The molecule has 2 saturated heterocycles. The first-order valence-corrected chi connectivity index (χ1v) is 11.7. The fraction of sp³-hybridized carbons (Fsp3) is 0.720. The fourth-order valence-corrected chi connectivity index (χ4v) is 5.81. The van der Waals surface area contributed by atoms with Crippen LogP contribution in [0.15, 0.2) is 24.3 Å². The number of hydrogen-bond acceptors (Lipinski definition) is 4. The summed E-state index contributed by atoms with van der Waals surface area (Å²) in [5.74, 6) is 2.38. The molecule has 3 aliphatic rings. The predicted octanol–water partition coefficient (Wildman–Crippen LogP) is 4.19. The normalized spacial score (nSPS) is 36.9. The summed E-state index contributed by atoms with van der Waals surface area (Å²) in [4.78, 5) is 13.2. The van der Waals surface area contributed by atoms with Gasteiger partial charge in [-0.1, -0.05) is 57.9 Å². The van der Waals surface area contributed by atoms with Crippen LogP contribution in [-0.4, -0.2) is 47.2 Å². The molecule has 1 unspecified atom stereocenters. The molecule has 1 aliphatic carbocycles. The average Bonchev–Trinajstić information content (AvgIpc) is 3.08. The molecule has 7 atom stereocenters. The van der Waals surface area contributed by atoms with Crippen molar-refractivity contribution in [3.05, 3.63) is 35.4 Å². The van der Waals surface area contributed by atoms with Crippen molar-refractivity contribution in [1.82, 2.24) is 10.2 Å². The number of nitrogens with zero attached hydrogens (tertiary/aromatic N) is 1. The Kier molecular flexibility index (Phi) is 6.15. The van der Waals surface area contributed by atoms with Gasteiger partial charge in [-0.3, -0.25) is 9.69 Å². The summed E-state index contributed by atoms with van der Waals surface area (Å²) < 4.78 is 0. The van der Waals surface area contributed by atoms with Crippen molar-refractivity contribution in [2.45, 2.75) is 83.0 Å². The lowest BCUT2D eigenvalue weighted by molar-refractivity contribution is 0.0607. The van der Waals surface area contributed by atoms with Crippen LogP contribution in [0.5, 0.6) is 0 Å². The van der Waals surface area contributed by atoms with Crippen LogP contribution in [-0.2, 0) is 0 Å². The third-order valence-corrected chi connectivity index (χ3v) is 7.90. The molecule has 2 heterocycles. The van der Waals surface area contributed by atoms with Gasteiger partial charge in [0.1, 0.15) is 12.0 Å². The lowest BCUT2D eigenvalue weighted by atomic mass is 9.87. The number of aldehydes is 1. The van der Waals surface area contributed by atoms with Crippen LogP contribution >= 0.6 is 0 Å². The Morgan fingerprint density at radius 2 is 1.97 bits per heavy atom. The predicted molar refractivity (Wildman–Crippen MR) is 117 cm³/mol. The monoisotopic (exact) mass is 398 g/mol. The van der Waals surface area contributed by atoms with Crippen molar-refractivity contribution in [2.24, 2.45) is 17.8 Å². The van der Waals surface area contributed by atoms with E-state index in [4.69, 9.17) is 0 Å². The summed E-state index contributed by atoms with van der Waals surface area (Å²) in [6.07, 6.45) is 8.63. The number of carbonyl (C=O) groups is 1. The van der Waals surface area contributed by atoms with Crippen molar-refractivity contribution in [1.29, 1.82) is 0 Å². The molecular weight excluding hydrogens is 360 g/mol. The topological polar surface area (TPSA) is 52.3 Å². The number of benzene rings is 1. The molecule has 160 valence electrons. The van der Waals surface area contributed by atoms with Crippen LogP contribution in [0.4, 0.5) is 0 Å². The molecule has 0 aromatic heterocycles. The van der Waals surface area contributed by atoms with E-state index in [1.54, 1.807) is 0 Å². The molecule has 1 aromatic rings. The number of aliphatic hydroxyl groups is 1. The second kappa shape index (κ2) is 8.49. The first-order valence-electron chi connectivity index (χ1n) is 11.7. The molecular formula is C25H38N2O2. The summed E-state index contributed by atoms with van der Waals surface area (Å²) in [5.41, 5.74) is 1.39. The summed E-state index contributed by atoms with van der Waals surface area (Å²) in [5, 5.41) is 14.9. The number of hydrogen-bond donors (Lipinski definition) is 2. The highest BCUT2D eigenvalue weighted by molar-refractivity contribution is 5.74. The number of piperidine rings is 1. The number of rotatable bonds is 9. The third kappa shape index (κ3) is 4.45. The van der Waals surface area contributed by atoms with E-state index in [2.05, 4.69) is 43.1 Å². The van der Waals surface area contributed by atoms with E-state index in [0.717, 1.165) is 43.2 Å². The highest BCUT2D eigenvalue weighted by atomic mass is 16.3. The van der Waals surface area contributed by atoms with Gasteiger partial charge in [-0.25, -0.2) is 0 Å². The summed E-state index contributed by atoms with van der Waals surface area (Å²) in [7, 11) is 0. The van der Waals surface area contributed by atoms with Crippen molar-refractivity contribution < 1.29 is 9.90 Å². The second-order valence-corrected chi connectivity index (χ2v) is 10.3. The van der Waals surface area contributed by atoms with Crippen molar-refractivity contribution in [2.75, 3.05) is 13.1 Å². The van der Waals surface area contributed by atoms with E-state index in [0.29, 0.717) is 23.9 Å². The van der Waals surface area contributed by atoms with Crippen LogP contribution in [0.2, 0.25) is 0 Å². The average molecular weight is 399 g/mol. The Morgan fingerprint density at radius 3 is 2.66 bits per heavy atom. The quantitative estimate of drug-likeness (QED) is 0.484. The van der Waals surface area contributed by atoms with Gasteiger partial charge in [-0.05, 0) is 49.0 Å². The minimum Gasteiger partial charge on any atom is -0.374 e. The number of carbonyl (C=O) groups excluding carboxylic acids is 1. The van der Waals surface area contributed by atoms with Crippen molar-refractivity contribution >= 4 is 6.29 Å². The van der Waals surface area contributed by atoms with E-state index in [1.807, 2.05) is 12.1 Å².